The number of halogens is 3. The maximum Gasteiger partial charge on any atom is 0.248 e. The summed E-state index contributed by atoms with van der Waals surface area (Å²) < 4.78 is 29.2. The highest BCUT2D eigenvalue weighted by atomic mass is 35.5. The van der Waals surface area contributed by atoms with E-state index >= 15 is 0 Å². The first-order valence-electron chi connectivity index (χ1n) is 12.1. The molecule has 3 atom stereocenters. The van der Waals surface area contributed by atoms with Crippen molar-refractivity contribution >= 4 is 62.5 Å². The Bertz CT molecular complexity index is 1420. The van der Waals surface area contributed by atoms with Crippen molar-refractivity contribution in [3.8, 4) is 0 Å². The summed E-state index contributed by atoms with van der Waals surface area (Å²) in [6.45, 7) is 0.948. The first-order valence-corrected chi connectivity index (χ1v) is 14.7. The Morgan fingerprint density at radius 3 is 2.34 bits per heavy atom. The van der Waals surface area contributed by atoms with E-state index in [2.05, 4.69) is 5.32 Å². The third-order valence-corrected chi connectivity index (χ3v) is 9.81. The zero-order chi connectivity index (χ0) is 27.4. The quantitative estimate of drug-likeness (QED) is 0.550. The van der Waals surface area contributed by atoms with Gasteiger partial charge in [0, 0.05) is 36.0 Å². The summed E-state index contributed by atoms with van der Waals surface area (Å²) in [7, 11) is -4.28. The number of nitrogens with one attached hydrogen (secondary N) is 1. The highest BCUT2D eigenvalue weighted by Gasteiger charge is 2.55. The van der Waals surface area contributed by atoms with Crippen LogP contribution in [0.3, 0.4) is 0 Å². The van der Waals surface area contributed by atoms with Crippen LogP contribution in [0.15, 0.2) is 47.4 Å². The van der Waals surface area contributed by atoms with Gasteiger partial charge in [-0.15, -0.1) is 0 Å². The summed E-state index contributed by atoms with van der Waals surface area (Å²) >= 11 is 18.5. The van der Waals surface area contributed by atoms with Gasteiger partial charge in [0.25, 0.3) is 0 Å². The van der Waals surface area contributed by atoms with Crippen LogP contribution in [0.25, 0.3) is 0 Å². The summed E-state index contributed by atoms with van der Waals surface area (Å²) in [5.41, 5.74) is 0.719. The molecule has 0 spiro atoms. The number of fused-ring (bicyclic) bond motifs is 1. The molecule has 2 aliphatic heterocycles. The second-order valence-electron chi connectivity index (χ2n) is 9.70. The van der Waals surface area contributed by atoms with Gasteiger partial charge in [-0.05, 0) is 48.7 Å². The van der Waals surface area contributed by atoms with E-state index in [4.69, 9.17) is 34.8 Å². The van der Waals surface area contributed by atoms with Gasteiger partial charge in [-0.25, -0.2) is 8.42 Å². The average Bonchev–Trinajstić information content (AvgIpc) is 3.67. The molecule has 9 nitrogen and oxygen atoms in total. The maximum absolute atomic E-state index is 14.0. The van der Waals surface area contributed by atoms with E-state index in [-0.39, 0.29) is 46.4 Å². The van der Waals surface area contributed by atoms with Gasteiger partial charge in [-0.3, -0.25) is 14.4 Å². The summed E-state index contributed by atoms with van der Waals surface area (Å²) in [5, 5.41) is 3.23. The summed E-state index contributed by atoms with van der Waals surface area (Å²) in [6.07, 6.45) is 0.751. The van der Waals surface area contributed by atoms with Gasteiger partial charge in [0.1, 0.15) is 23.1 Å². The number of carbonyl (C=O) groups excluding carboxylic acids is 3. The fourth-order valence-corrected chi connectivity index (χ4v) is 7.72. The molecule has 0 radical (unpaired) electrons. The molecule has 2 heterocycles. The second kappa shape index (κ2) is 10.3. The van der Waals surface area contributed by atoms with Crippen molar-refractivity contribution in [3.05, 3.63) is 63.1 Å². The monoisotopic (exact) mass is 598 g/mol. The highest BCUT2D eigenvalue weighted by molar-refractivity contribution is 7.89. The molecule has 202 valence electrons. The minimum Gasteiger partial charge on any atom is -0.343 e. The first kappa shape index (κ1) is 27.2. The first-order chi connectivity index (χ1) is 18.0. The fourth-order valence-electron chi connectivity index (χ4n) is 5.17. The lowest BCUT2D eigenvalue weighted by Crippen LogP contribution is -2.76. The molecular weight excluding hydrogens is 575 g/mol. The van der Waals surface area contributed by atoms with Crippen LogP contribution in [-0.4, -0.2) is 77.6 Å². The van der Waals surface area contributed by atoms with Gasteiger partial charge in [0.15, 0.2) is 0 Å². The van der Waals surface area contributed by atoms with E-state index in [1.807, 2.05) is 0 Å². The van der Waals surface area contributed by atoms with Crippen molar-refractivity contribution in [3.63, 3.8) is 0 Å². The SMILES string of the molecule is CC(=O)NC1CN(S(=O)(=O)c2ccc(Cl)cc2Cl)C2CN(C3CC3)C(=O)C(Cc3cccc(Cl)c3)N2C1=O. The molecule has 13 heteroatoms. The smallest absolute Gasteiger partial charge is 0.248 e. The van der Waals surface area contributed by atoms with Crippen LogP contribution in [0, 0.1) is 0 Å². The van der Waals surface area contributed by atoms with Crippen molar-refractivity contribution < 1.29 is 22.8 Å². The molecule has 3 unspecified atom stereocenters. The topological polar surface area (TPSA) is 107 Å². The molecule has 5 rings (SSSR count). The summed E-state index contributed by atoms with van der Waals surface area (Å²) in [5.74, 6) is -1.28. The Kier molecular flexibility index (Phi) is 7.38. The van der Waals surface area contributed by atoms with Crippen molar-refractivity contribution in [2.24, 2.45) is 0 Å². The van der Waals surface area contributed by atoms with E-state index in [0.717, 1.165) is 22.7 Å². The van der Waals surface area contributed by atoms with Gasteiger partial charge in [0.2, 0.25) is 27.7 Å². The Morgan fingerprint density at radius 1 is 1.00 bits per heavy atom. The van der Waals surface area contributed by atoms with Crippen molar-refractivity contribution in [2.45, 2.75) is 55.4 Å². The fraction of sp³-hybridized carbons (Fsp3) is 0.400. The number of rotatable bonds is 6. The molecule has 2 aromatic carbocycles. The van der Waals surface area contributed by atoms with Crippen LogP contribution in [0.4, 0.5) is 0 Å². The van der Waals surface area contributed by atoms with Gasteiger partial charge in [-0.1, -0.05) is 46.9 Å². The molecule has 1 saturated carbocycles. The number of hydrogen-bond donors (Lipinski definition) is 1. The number of nitrogens with zero attached hydrogens (tertiary/aromatic N) is 3. The van der Waals surface area contributed by atoms with Gasteiger partial charge >= 0.3 is 0 Å². The van der Waals surface area contributed by atoms with Gasteiger partial charge in [0.05, 0.1) is 11.6 Å². The minimum atomic E-state index is -4.28. The Hall–Kier alpha value is -2.37. The number of amides is 3. The lowest BCUT2D eigenvalue weighted by Gasteiger charge is -2.53. The Balaban J connectivity index is 1.61. The van der Waals surface area contributed by atoms with Crippen molar-refractivity contribution in [2.75, 3.05) is 13.1 Å². The minimum absolute atomic E-state index is 0.0124. The number of piperazine rings is 1. The molecule has 0 bridgehead atoms. The average molecular weight is 600 g/mol. The molecule has 0 aromatic heterocycles. The number of hydrogen-bond acceptors (Lipinski definition) is 5. The number of carbonyl (C=O) groups is 3. The van der Waals surface area contributed by atoms with Gasteiger partial charge in [-0.2, -0.15) is 4.31 Å². The molecule has 2 aromatic rings. The summed E-state index contributed by atoms with van der Waals surface area (Å²) in [4.78, 5) is 42.3. The van der Waals surface area contributed by atoms with Crippen LogP contribution >= 0.6 is 34.8 Å². The van der Waals surface area contributed by atoms with E-state index in [0.29, 0.717) is 5.02 Å². The predicted octanol–water partition coefficient (Wildman–Crippen LogP) is 2.93. The van der Waals surface area contributed by atoms with Crippen molar-refractivity contribution in [1.29, 1.82) is 0 Å². The summed E-state index contributed by atoms with van der Waals surface area (Å²) in [6, 6.07) is 8.82. The molecular formula is C25H25Cl3N4O5S. The van der Waals surface area contributed by atoms with Crippen LogP contribution in [0.1, 0.15) is 25.3 Å². The van der Waals surface area contributed by atoms with Crippen LogP contribution < -0.4 is 5.32 Å². The lowest BCUT2D eigenvalue weighted by atomic mass is 9.97. The third kappa shape index (κ3) is 5.12. The molecule has 1 N–H and O–H groups in total. The number of benzene rings is 2. The molecule has 3 fully saturated rings. The molecule has 3 amide bonds. The molecule has 1 aliphatic carbocycles. The van der Waals surface area contributed by atoms with E-state index in [1.165, 1.54) is 30.0 Å². The maximum atomic E-state index is 14.0. The van der Waals surface area contributed by atoms with E-state index < -0.39 is 40.1 Å². The highest BCUT2D eigenvalue weighted by Crippen LogP contribution is 2.38. The normalized spacial score (nSPS) is 24.4. The van der Waals surface area contributed by atoms with E-state index in [1.54, 1.807) is 29.2 Å². The molecule has 3 aliphatic rings. The van der Waals surface area contributed by atoms with E-state index in [9.17, 15) is 22.8 Å². The third-order valence-electron chi connectivity index (χ3n) is 7.00. The largest absolute Gasteiger partial charge is 0.343 e. The van der Waals surface area contributed by atoms with Crippen LogP contribution in [0.5, 0.6) is 0 Å². The molecule has 2 saturated heterocycles. The zero-order valence-corrected chi connectivity index (χ0v) is 23.4. The predicted molar refractivity (Wildman–Crippen MR) is 142 cm³/mol. The zero-order valence-electron chi connectivity index (χ0n) is 20.3. The van der Waals surface area contributed by atoms with Gasteiger partial charge < -0.3 is 15.1 Å². The van der Waals surface area contributed by atoms with Crippen LogP contribution in [-0.2, 0) is 30.8 Å². The lowest BCUT2D eigenvalue weighted by molar-refractivity contribution is -0.168. The standard InChI is InChI=1S/C25H25Cl3N4O5S/c1-14(33)29-20-12-31(38(36,37)22-8-5-17(27)11-19(22)28)23-13-30(18-6-7-18)25(35)21(32(23)24(20)34)10-15-3-2-4-16(26)9-15/h2-5,8-9,11,18,20-21,23H,6-7,10,12-13H2,1H3,(H,29,33). The number of sulfonamides is 1. The Labute approximate surface area is 235 Å². The van der Waals surface area contributed by atoms with Crippen molar-refractivity contribution in [1.82, 2.24) is 19.4 Å². The second-order valence-corrected chi connectivity index (χ2v) is 12.8. The Morgan fingerprint density at radius 2 is 1.71 bits per heavy atom. The molecule has 38 heavy (non-hydrogen) atoms. The van der Waals surface area contributed by atoms with Crippen LogP contribution in [0.2, 0.25) is 15.1 Å².